The number of hydrogen-bond acceptors (Lipinski definition) is 2. The number of rotatable bonds is 0. The Labute approximate surface area is 49.3 Å². The van der Waals surface area contributed by atoms with Gasteiger partial charge < -0.3 is 5.32 Å². The van der Waals surface area contributed by atoms with Crippen LogP contribution < -0.4 is 5.32 Å². The van der Waals surface area contributed by atoms with Crippen LogP contribution in [0, 0.1) is 0 Å². The number of nitrogens with one attached hydrogen (secondary N) is 1. The summed E-state index contributed by atoms with van der Waals surface area (Å²) in [5, 5.41) is 3.16. The number of nitrogens with zero attached hydrogens (tertiary/aromatic N) is 1. The molecule has 0 radical (unpaired) electrons. The van der Waals surface area contributed by atoms with Crippen molar-refractivity contribution in [2.24, 2.45) is 4.99 Å². The van der Waals surface area contributed by atoms with Gasteiger partial charge in [-0.1, -0.05) is 0 Å². The Hall–Kier alpha value is -0.790. The van der Waals surface area contributed by atoms with Crippen molar-refractivity contribution in [2.75, 3.05) is 6.54 Å². The largest absolute Gasteiger partial charge is 0.382 e. The first kappa shape index (κ1) is 5.35. The SMILES string of the molecule is CC1=CN=C(C)CN1. The zero-order chi connectivity index (χ0) is 5.98. The molecule has 0 aromatic rings. The van der Waals surface area contributed by atoms with E-state index in [4.69, 9.17) is 0 Å². The highest BCUT2D eigenvalue weighted by molar-refractivity contribution is 5.85. The summed E-state index contributed by atoms with van der Waals surface area (Å²) in [6.45, 7) is 4.92. The minimum Gasteiger partial charge on any atom is -0.382 e. The molecule has 0 unspecified atom stereocenters. The molecule has 1 N–H and O–H groups in total. The van der Waals surface area contributed by atoms with Crippen LogP contribution in [0.2, 0.25) is 0 Å². The Morgan fingerprint density at radius 1 is 1.62 bits per heavy atom. The molecule has 1 rings (SSSR count). The molecule has 0 amide bonds. The number of allylic oxidation sites excluding steroid dienone is 1. The lowest BCUT2D eigenvalue weighted by Gasteiger charge is -2.08. The van der Waals surface area contributed by atoms with E-state index in [0.717, 1.165) is 18.0 Å². The minimum atomic E-state index is 0.905. The maximum atomic E-state index is 4.10. The molecule has 1 aliphatic rings. The molecule has 0 fully saturated rings. The molecule has 0 saturated heterocycles. The fourth-order valence-electron chi connectivity index (χ4n) is 0.566. The van der Waals surface area contributed by atoms with Gasteiger partial charge in [-0.05, 0) is 13.8 Å². The van der Waals surface area contributed by atoms with Gasteiger partial charge in [0.2, 0.25) is 0 Å². The molecular weight excluding hydrogens is 100 g/mol. The maximum absolute atomic E-state index is 4.10. The van der Waals surface area contributed by atoms with Crippen molar-refractivity contribution in [3.8, 4) is 0 Å². The zero-order valence-corrected chi connectivity index (χ0v) is 5.23. The van der Waals surface area contributed by atoms with E-state index in [-0.39, 0.29) is 0 Å². The molecule has 0 bridgehead atoms. The van der Waals surface area contributed by atoms with E-state index in [2.05, 4.69) is 10.3 Å². The van der Waals surface area contributed by atoms with Crippen molar-refractivity contribution in [1.82, 2.24) is 5.32 Å². The van der Waals surface area contributed by atoms with Crippen molar-refractivity contribution in [3.63, 3.8) is 0 Å². The van der Waals surface area contributed by atoms with Gasteiger partial charge in [0.15, 0.2) is 0 Å². The predicted octanol–water partition coefficient (Wildman–Crippen LogP) is 0.912. The fourth-order valence-corrected chi connectivity index (χ4v) is 0.566. The molecule has 1 heterocycles. The summed E-state index contributed by atoms with van der Waals surface area (Å²) in [6, 6.07) is 0. The van der Waals surface area contributed by atoms with Crippen molar-refractivity contribution in [3.05, 3.63) is 11.9 Å². The highest BCUT2D eigenvalue weighted by Gasteiger charge is 1.94. The Morgan fingerprint density at radius 3 is 2.75 bits per heavy atom. The summed E-state index contributed by atoms with van der Waals surface area (Å²) in [7, 11) is 0. The second kappa shape index (κ2) is 1.99. The second-order valence-electron chi connectivity index (χ2n) is 2.03. The van der Waals surface area contributed by atoms with Gasteiger partial charge in [-0.2, -0.15) is 0 Å². The van der Waals surface area contributed by atoms with Crippen LogP contribution in [0.1, 0.15) is 13.8 Å². The molecule has 0 aromatic carbocycles. The van der Waals surface area contributed by atoms with E-state index in [1.54, 1.807) is 0 Å². The molecule has 44 valence electrons. The maximum Gasteiger partial charge on any atom is 0.0528 e. The quantitative estimate of drug-likeness (QED) is 0.492. The minimum absolute atomic E-state index is 0.905. The van der Waals surface area contributed by atoms with Crippen LogP contribution in [-0.2, 0) is 0 Å². The van der Waals surface area contributed by atoms with Gasteiger partial charge in [-0.15, -0.1) is 0 Å². The predicted molar refractivity (Wildman–Crippen MR) is 34.9 cm³/mol. The molecule has 0 aliphatic carbocycles. The zero-order valence-electron chi connectivity index (χ0n) is 5.23. The first-order valence-corrected chi connectivity index (χ1v) is 2.73. The molecule has 0 aromatic heterocycles. The van der Waals surface area contributed by atoms with E-state index in [1.807, 2.05) is 20.0 Å². The lowest BCUT2D eigenvalue weighted by molar-refractivity contribution is 0.898. The molecule has 2 nitrogen and oxygen atoms in total. The molecule has 0 saturated carbocycles. The molecule has 8 heavy (non-hydrogen) atoms. The third-order valence-electron chi connectivity index (χ3n) is 1.10. The third kappa shape index (κ3) is 1.09. The van der Waals surface area contributed by atoms with Crippen molar-refractivity contribution >= 4 is 5.71 Å². The Balaban J connectivity index is 2.65. The van der Waals surface area contributed by atoms with Crippen LogP contribution in [0.5, 0.6) is 0 Å². The average Bonchev–Trinajstić information content (AvgIpc) is 1.77. The summed E-state index contributed by atoms with van der Waals surface area (Å²) >= 11 is 0. The van der Waals surface area contributed by atoms with Gasteiger partial charge in [-0.25, -0.2) is 0 Å². The molecule has 1 aliphatic heterocycles. The Kier molecular flexibility index (Phi) is 1.33. The van der Waals surface area contributed by atoms with Crippen molar-refractivity contribution in [1.29, 1.82) is 0 Å². The summed E-state index contributed by atoms with van der Waals surface area (Å²) in [6.07, 6.45) is 1.85. The summed E-state index contributed by atoms with van der Waals surface area (Å²) in [5.74, 6) is 0. The van der Waals surface area contributed by atoms with E-state index in [9.17, 15) is 0 Å². The molecule has 0 spiro atoms. The average molecular weight is 110 g/mol. The lowest BCUT2D eigenvalue weighted by atomic mass is 10.3. The first-order chi connectivity index (χ1) is 3.79. The smallest absolute Gasteiger partial charge is 0.0528 e. The number of hydrogen-bond donors (Lipinski definition) is 1. The topological polar surface area (TPSA) is 24.4 Å². The highest BCUT2D eigenvalue weighted by atomic mass is 14.9. The van der Waals surface area contributed by atoms with Crippen LogP contribution in [0.3, 0.4) is 0 Å². The van der Waals surface area contributed by atoms with Gasteiger partial charge in [0.25, 0.3) is 0 Å². The van der Waals surface area contributed by atoms with Crippen LogP contribution in [-0.4, -0.2) is 12.3 Å². The molecule has 2 heteroatoms. The lowest BCUT2D eigenvalue weighted by Crippen LogP contribution is -2.21. The summed E-state index contributed by atoms with van der Waals surface area (Å²) in [5.41, 5.74) is 2.30. The fraction of sp³-hybridized carbons (Fsp3) is 0.500. The van der Waals surface area contributed by atoms with Gasteiger partial charge in [-0.3, -0.25) is 4.99 Å². The third-order valence-corrected chi connectivity index (χ3v) is 1.10. The van der Waals surface area contributed by atoms with Crippen LogP contribution in [0.25, 0.3) is 0 Å². The van der Waals surface area contributed by atoms with Gasteiger partial charge in [0.05, 0.1) is 6.54 Å². The Bertz CT molecular complexity index is 127. The van der Waals surface area contributed by atoms with E-state index in [0.29, 0.717) is 0 Å². The Morgan fingerprint density at radius 2 is 2.38 bits per heavy atom. The number of aliphatic imine (C=N–C) groups is 1. The van der Waals surface area contributed by atoms with Crippen LogP contribution >= 0.6 is 0 Å². The van der Waals surface area contributed by atoms with E-state index < -0.39 is 0 Å². The van der Waals surface area contributed by atoms with Crippen molar-refractivity contribution in [2.45, 2.75) is 13.8 Å². The van der Waals surface area contributed by atoms with Crippen molar-refractivity contribution < 1.29 is 0 Å². The standard InChI is InChI=1S/C6H10N2/c1-5-3-8-6(2)4-7-5/h3,7H,4H2,1-2H3. The van der Waals surface area contributed by atoms with E-state index >= 15 is 0 Å². The molecule has 0 atom stereocenters. The first-order valence-electron chi connectivity index (χ1n) is 2.73. The summed E-state index contributed by atoms with van der Waals surface area (Å²) < 4.78 is 0. The van der Waals surface area contributed by atoms with Gasteiger partial charge in [0, 0.05) is 17.6 Å². The van der Waals surface area contributed by atoms with Gasteiger partial charge >= 0.3 is 0 Å². The summed E-state index contributed by atoms with van der Waals surface area (Å²) in [4.78, 5) is 4.10. The van der Waals surface area contributed by atoms with Crippen LogP contribution in [0.4, 0.5) is 0 Å². The van der Waals surface area contributed by atoms with Crippen LogP contribution in [0.15, 0.2) is 16.9 Å². The normalized spacial score (nSPS) is 18.8. The second-order valence-corrected chi connectivity index (χ2v) is 2.03. The van der Waals surface area contributed by atoms with Gasteiger partial charge in [0.1, 0.15) is 0 Å². The molecular formula is C6H10N2. The van der Waals surface area contributed by atoms with E-state index in [1.165, 1.54) is 0 Å². The monoisotopic (exact) mass is 110 g/mol. The highest BCUT2D eigenvalue weighted by Crippen LogP contribution is 1.93.